The standard InChI is InChI=1S/C11H12N2O7S/c1-13-8-3-2-6(4-9(8)20-11(13)17)21(18,19)12-7(5-14)10(15)16/h2-4,7,12,14H,5H2,1H3,(H,15,16)/t7-/m0/s1. The highest BCUT2D eigenvalue weighted by Crippen LogP contribution is 2.18. The summed E-state index contributed by atoms with van der Waals surface area (Å²) in [6.45, 7) is -0.892. The zero-order valence-electron chi connectivity index (χ0n) is 10.8. The second-order valence-corrected chi connectivity index (χ2v) is 5.97. The third kappa shape index (κ3) is 2.82. The molecule has 2 aromatic rings. The molecule has 0 amide bonds. The van der Waals surface area contributed by atoms with Gasteiger partial charge in [0.05, 0.1) is 17.0 Å². The first-order valence-electron chi connectivity index (χ1n) is 5.72. The maximum absolute atomic E-state index is 12.0. The van der Waals surface area contributed by atoms with E-state index in [-0.39, 0.29) is 10.5 Å². The van der Waals surface area contributed by atoms with Gasteiger partial charge in [0.15, 0.2) is 5.58 Å². The number of nitrogens with zero attached hydrogens (tertiary/aromatic N) is 1. The number of sulfonamides is 1. The normalized spacial score (nSPS) is 13.4. The van der Waals surface area contributed by atoms with Crippen molar-refractivity contribution in [3.05, 3.63) is 28.7 Å². The molecule has 10 heteroatoms. The van der Waals surface area contributed by atoms with E-state index in [4.69, 9.17) is 14.6 Å². The summed E-state index contributed by atoms with van der Waals surface area (Å²) in [5, 5.41) is 17.6. The molecule has 0 unspecified atom stereocenters. The number of oxazole rings is 1. The first kappa shape index (κ1) is 15.2. The molecular weight excluding hydrogens is 304 g/mol. The third-order valence-corrected chi connectivity index (χ3v) is 4.32. The number of carboxylic acids is 1. The van der Waals surface area contributed by atoms with Crippen molar-refractivity contribution in [2.45, 2.75) is 10.9 Å². The second-order valence-electron chi connectivity index (χ2n) is 4.25. The van der Waals surface area contributed by atoms with E-state index in [1.807, 2.05) is 4.72 Å². The van der Waals surface area contributed by atoms with E-state index in [9.17, 15) is 18.0 Å². The molecule has 21 heavy (non-hydrogen) atoms. The lowest BCUT2D eigenvalue weighted by atomic mass is 10.3. The Balaban J connectivity index is 2.45. The molecule has 9 nitrogen and oxygen atoms in total. The smallest absolute Gasteiger partial charge is 0.419 e. The average molecular weight is 316 g/mol. The van der Waals surface area contributed by atoms with Crippen molar-refractivity contribution in [2.24, 2.45) is 7.05 Å². The topological polar surface area (TPSA) is 139 Å². The number of aliphatic carboxylic acids is 1. The van der Waals surface area contributed by atoms with E-state index in [1.165, 1.54) is 23.7 Å². The number of benzene rings is 1. The van der Waals surface area contributed by atoms with Crippen LogP contribution >= 0.6 is 0 Å². The fraction of sp³-hybridized carbons (Fsp3) is 0.273. The number of aryl methyl sites for hydroxylation is 1. The lowest BCUT2D eigenvalue weighted by Gasteiger charge is -2.12. The van der Waals surface area contributed by atoms with Gasteiger partial charge >= 0.3 is 11.7 Å². The number of aliphatic hydroxyl groups excluding tert-OH is 1. The minimum atomic E-state index is -4.17. The molecule has 0 aliphatic rings. The van der Waals surface area contributed by atoms with E-state index in [0.29, 0.717) is 5.52 Å². The molecule has 114 valence electrons. The van der Waals surface area contributed by atoms with Crippen LogP contribution in [0.15, 0.2) is 32.3 Å². The van der Waals surface area contributed by atoms with Crippen LogP contribution in [-0.2, 0) is 21.9 Å². The highest BCUT2D eigenvalue weighted by molar-refractivity contribution is 7.89. The summed E-state index contributed by atoms with van der Waals surface area (Å²) < 4.78 is 32.0. The molecule has 0 bridgehead atoms. The molecule has 0 saturated heterocycles. The Kier molecular flexibility index (Phi) is 3.85. The molecule has 0 spiro atoms. The second kappa shape index (κ2) is 5.31. The van der Waals surface area contributed by atoms with Crippen LogP contribution in [-0.4, -0.2) is 41.8 Å². The van der Waals surface area contributed by atoms with Crippen molar-refractivity contribution in [1.82, 2.24) is 9.29 Å². The molecule has 1 aromatic carbocycles. The molecule has 0 fully saturated rings. The zero-order valence-corrected chi connectivity index (χ0v) is 11.6. The van der Waals surface area contributed by atoms with Crippen LogP contribution in [0.25, 0.3) is 11.1 Å². The minimum Gasteiger partial charge on any atom is -0.480 e. The highest BCUT2D eigenvalue weighted by Gasteiger charge is 2.25. The Morgan fingerprint density at radius 3 is 2.71 bits per heavy atom. The van der Waals surface area contributed by atoms with Gasteiger partial charge in [0.1, 0.15) is 6.04 Å². The largest absolute Gasteiger partial charge is 0.480 e. The van der Waals surface area contributed by atoms with Gasteiger partial charge in [-0.1, -0.05) is 0 Å². The maximum Gasteiger partial charge on any atom is 0.419 e. The summed E-state index contributed by atoms with van der Waals surface area (Å²) in [5.74, 6) is -2.15. The van der Waals surface area contributed by atoms with Gasteiger partial charge in [-0.15, -0.1) is 0 Å². The molecular formula is C11H12N2O7S. The number of carboxylic acid groups (broad SMARTS) is 1. The summed E-state index contributed by atoms with van der Waals surface area (Å²) in [7, 11) is -2.71. The first-order chi connectivity index (χ1) is 9.76. The molecule has 1 atom stereocenters. The number of aliphatic hydroxyl groups is 1. The molecule has 0 radical (unpaired) electrons. The predicted octanol–water partition coefficient (Wildman–Crippen LogP) is -1.14. The van der Waals surface area contributed by atoms with E-state index < -0.39 is 34.4 Å². The summed E-state index contributed by atoms with van der Waals surface area (Å²) >= 11 is 0. The predicted molar refractivity (Wildman–Crippen MR) is 70.3 cm³/mol. The summed E-state index contributed by atoms with van der Waals surface area (Å²) in [6.07, 6.45) is 0. The molecule has 0 saturated carbocycles. The van der Waals surface area contributed by atoms with E-state index in [2.05, 4.69) is 0 Å². The summed E-state index contributed by atoms with van der Waals surface area (Å²) in [6, 6.07) is 2.02. The Morgan fingerprint density at radius 2 is 2.14 bits per heavy atom. The average Bonchev–Trinajstić information content (AvgIpc) is 2.70. The van der Waals surface area contributed by atoms with Crippen molar-refractivity contribution >= 4 is 27.1 Å². The molecule has 1 heterocycles. The number of hydrogen-bond acceptors (Lipinski definition) is 6. The van der Waals surface area contributed by atoms with Crippen LogP contribution in [0.5, 0.6) is 0 Å². The Morgan fingerprint density at radius 1 is 1.48 bits per heavy atom. The lowest BCUT2D eigenvalue weighted by Crippen LogP contribution is -2.43. The zero-order chi connectivity index (χ0) is 15.8. The van der Waals surface area contributed by atoms with Crippen molar-refractivity contribution in [1.29, 1.82) is 0 Å². The quantitative estimate of drug-likeness (QED) is 0.633. The number of rotatable bonds is 5. The lowest BCUT2D eigenvalue weighted by molar-refractivity contribution is -0.139. The summed E-state index contributed by atoms with van der Waals surface area (Å²) in [4.78, 5) is 21.8. The van der Waals surface area contributed by atoms with Crippen LogP contribution in [0.2, 0.25) is 0 Å². The van der Waals surface area contributed by atoms with Gasteiger partial charge in [-0.25, -0.2) is 13.2 Å². The third-order valence-electron chi connectivity index (χ3n) is 2.85. The SMILES string of the molecule is Cn1c(=O)oc2cc(S(=O)(=O)N[C@@H](CO)C(=O)O)ccc21. The van der Waals surface area contributed by atoms with Crippen molar-refractivity contribution in [2.75, 3.05) is 6.61 Å². The highest BCUT2D eigenvalue weighted by atomic mass is 32.2. The number of carbonyl (C=O) groups is 1. The Labute approximate surface area is 118 Å². The van der Waals surface area contributed by atoms with Gasteiger partial charge in [-0.05, 0) is 12.1 Å². The van der Waals surface area contributed by atoms with Crippen molar-refractivity contribution in [3.8, 4) is 0 Å². The minimum absolute atomic E-state index is 0.0567. The molecule has 0 aliphatic heterocycles. The number of aromatic nitrogens is 1. The van der Waals surface area contributed by atoms with Gasteiger partial charge in [-0.3, -0.25) is 9.36 Å². The van der Waals surface area contributed by atoms with Crippen LogP contribution in [0.3, 0.4) is 0 Å². The molecule has 3 N–H and O–H groups in total. The van der Waals surface area contributed by atoms with E-state index >= 15 is 0 Å². The van der Waals surface area contributed by atoms with Gasteiger partial charge in [0.25, 0.3) is 0 Å². The van der Waals surface area contributed by atoms with Crippen LogP contribution in [0.1, 0.15) is 0 Å². The number of hydrogen-bond donors (Lipinski definition) is 3. The van der Waals surface area contributed by atoms with Gasteiger partial charge in [0.2, 0.25) is 10.0 Å². The van der Waals surface area contributed by atoms with Gasteiger partial charge < -0.3 is 14.6 Å². The van der Waals surface area contributed by atoms with E-state index in [0.717, 1.165) is 6.07 Å². The Hall–Kier alpha value is -2.17. The fourth-order valence-electron chi connectivity index (χ4n) is 1.70. The number of nitrogens with one attached hydrogen (secondary N) is 1. The number of fused-ring (bicyclic) bond motifs is 1. The summed E-state index contributed by atoms with van der Waals surface area (Å²) in [5.41, 5.74) is 0.456. The van der Waals surface area contributed by atoms with Crippen molar-refractivity contribution in [3.63, 3.8) is 0 Å². The maximum atomic E-state index is 12.0. The van der Waals surface area contributed by atoms with Crippen molar-refractivity contribution < 1.29 is 27.8 Å². The molecule has 0 aliphatic carbocycles. The monoisotopic (exact) mass is 316 g/mol. The fourth-order valence-corrected chi connectivity index (χ4v) is 2.90. The van der Waals surface area contributed by atoms with Crippen LogP contribution < -0.4 is 10.5 Å². The molecule has 2 rings (SSSR count). The first-order valence-corrected chi connectivity index (χ1v) is 7.20. The van der Waals surface area contributed by atoms with Crippen LogP contribution in [0, 0.1) is 0 Å². The van der Waals surface area contributed by atoms with E-state index in [1.54, 1.807) is 0 Å². The van der Waals surface area contributed by atoms with Crippen LogP contribution in [0.4, 0.5) is 0 Å². The molecule has 1 aromatic heterocycles. The van der Waals surface area contributed by atoms with Gasteiger partial charge in [-0.2, -0.15) is 4.72 Å². The Bertz CT molecular complexity index is 849. The van der Waals surface area contributed by atoms with Gasteiger partial charge in [0, 0.05) is 13.1 Å².